The summed E-state index contributed by atoms with van der Waals surface area (Å²) in [5.74, 6) is -0.695. The lowest BCUT2D eigenvalue weighted by Crippen LogP contribution is -2.29. The number of non-ortho nitro benzene ring substituents is 1. The Morgan fingerprint density at radius 3 is 2.66 bits per heavy atom. The molecule has 8 nitrogen and oxygen atoms in total. The number of nitro groups is 1. The number of benzene rings is 2. The van der Waals surface area contributed by atoms with Gasteiger partial charge in [-0.15, -0.1) is 0 Å². The number of pyridine rings is 1. The van der Waals surface area contributed by atoms with Gasteiger partial charge < -0.3 is 9.88 Å². The lowest BCUT2D eigenvalue weighted by Gasteiger charge is -2.11. The first kappa shape index (κ1) is 19.5. The number of nitro benzene ring substituents is 1. The van der Waals surface area contributed by atoms with Crippen LogP contribution in [0.2, 0.25) is 0 Å². The molecule has 144 valence electrons. The van der Waals surface area contributed by atoms with Gasteiger partial charge in [0.05, 0.1) is 22.7 Å². The summed E-state index contributed by atoms with van der Waals surface area (Å²) in [5.41, 5.74) is 1.17. The second-order valence-corrected chi connectivity index (χ2v) is 6.33. The number of anilines is 1. The number of amides is 1. The zero-order chi connectivity index (χ0) is 21.0. The van der Waals surface area contributed by atoms with Crippen LogP contribution in [0.1, 0.15) is 27.0 Å². The fourth-order valence-corrected chi connectivity index (χ4v) is 2.84. The van der Waals surface area contributed by atoms with E-state index < -0.39 is 16.4 Å². The summed E-state index contributed by atoms with van der Waals surface area (Å²) in [6.45, 7) is 2.25. The minimum atomic E-state index is -0.695. The molecular weight excluding hydrogens is 372 g/mol. The van der Waals surface area contributed by atoms with E-state index in [-0.39, 0.29) is 22.5 Å². The Kier molecular flexibility index (Phi) is 5.51. The highest BCUT2D eigenvalue weighted by Crippen LogP contribution is 2.21. The summed E-state index contributed by atoms with van der Waals surface area (Å²) in [4.78, 5) is 35.6. The van der Waals surface area contributed by atoms with Crippen LogP contribution in [0.4, 0.5) is 11.4 Å². The van der Waals surface area contributed by atoms with Crippen molar-refractivity contribution in [1.29, 1.82) is 5.26 Å². The van der Waals surface area contributed by atoms with E-state index in [1.165, 1.54) is 22.8 Å². The smallest absolute Gasteiger partial charge is 0.270 e. The molecule has 2 aromatic carbocycles. The predicted molar refractivity (Wildman–Crippen MR) is 107 cm³/mol. The van der Waals surface area contributed by atoms with Gasteiger partial charge in [-0.25, -0.2) is 0 Å². The molecule has 0 atom stereocenters. The summed E-state index contributed by atoms with van der Waals surface area (Å²) >= 11 is 0. The van der Waals surface area contributed by atoms with E-state index in [4.69, 9.17) is 0 Å². The minimum Gasteiger partial charge on any atom is -0.321 e. The number of nitriles is 1. The molecule has 0 spiro atoms. The third-order valence-corrected chi connectivity index (χ3v) is 4.45. The van der Waals surface area contributed by atoms with Crippen molar-refractivity contribution in [3.05, 3.63) is 104 Å². The van der Waals surface area contributed by atoms with Crippen molar-refractivity contribution in [2.75, 3.05) is 5.32 Å². The van der Waals surface area contributed by atoms with Crippen molar-refractivity contribution in [3.8, 4) is 6.07 Å². The number of hydrogen-bond acceptors (Lipinski definition) is 5. The van der Waals surface area contributed by atoms with Crippen molar-refractivity contribution in [2.24, 2.45) is 0 Å². The first-order chi connectivity index (χ1) is 13.9. The van der Waals surface area contributed by atoms with E-state index in [9.17, 15) is 25.0 Å². The molecule has 8 heteroatoms. The van der Waals surface area contributed by atoms with Crippen molar-refractivity contribution in [1.82, 2.24) is 4.57 Å². The molecule has 3 aromatic rings. The molecule has 0 saturated heterocycles. The topological polar surface area (TPSA) is 118 Å². The van der Waals surface area contributed by atoms with E-state index in [0.717, 1.165) is 17.2 Å². The van der Waals surface area contributed by atoms with E-state index >= 15 is 0 Å². The second kappa shape index (κ2) is 8.19. The Bertz CT molecular complexity index is 1210. The standard InChI is InChI=1S/C21H16N4O4/c1-14-5-2-3-6-15(14)13-24-10-4-7-18(21(24)27)20(26)23-19-9-8-17(25(28)29)11-16(19)12-22/h2-11H,13H2,1H3,(H,23,26). The van der Waals surface area contributed by atoms with Crippen LogP contribution in [0.3, 0.4) is 0 Å². The van der Waals surface area contributed by atoms with E-state index in [1.807, 2.05) is 37.3 Å². The van der Waals surface area contributed by atoms with Gasteiger partial charge in [0, 0.05) is 18.3 Å². The summed E-state index contributed by atoms with van der Waals surface area (Å²) < 4.78 is 1.43. The van der Waals surface area contributed by atoms with Crippen molar-refractivity contribution < 1.29 is 9.72 Å². The van der Waals surface area contributed by atoms with Gasteiger partial charge in [-0.3, -0.25) is 19.7 Å². The molecule has 1 N–H and O–H groups in total. The molecule has 1 aromatic heterocycles. The van der Waals surface area contributed by atoms with E-state index in [2.05, 4.69) is 5.32 Å². The number of aryl methyl sites for hydroxylation is 1. The highest BCUT2D eigenvalue weighted by molar-refractivity contribution is 6.04. The number of carbonyl (C=O) groups is 1. The van der Waals surface area contributed by atoms with Crippen LogP contribution in [-0.4, -0.2) is 15.4 Å². The molecule has 0 aliphatic carbocycles. The van der Waals surface area contributed by atoms with Crippen LogP contribution in [-0.2, 0) is 6.54 Å². The highest BCUT2D eigenvalue weighted by atomic mass is 16.6. The monoisotopic (exact) mass is 388 g/mol. The zero-order valence-corrected chi connectivity index (χ0v) is 15.5. The number of nitrogens with zero attached hydrogens (tertiary/aromatic N) is 3. The first-order valence-corrected chi connectivity index (χ1v) is 8.64. The van der Waals surface area contributed by atoms with Crippen molar-refractivity contribution in [3.63, 3.8) is 0 Å². The maximum absolute atomic E-state index is 12.8. The molecule has 0 unspecified atom stereocenters. The van der Waals surface area contributed by atoms with Gasteiger partial charge in [-0.05, 0) is 36.2 Å². The number of nitrogens with one attached hydrogen (secondary N) is 1. The summed E-state index contributed by atoms with van der Waals surface area (Å²) in [7, 11) is 0. The van der Waals surface area contributed by atoms with Gasteiger partial charge in [0.25, 0.3) is 17.2 Å². The summed E-state index contributed by atoms with van der Waals surface area (Å²) in [6, 6.07) is 15.9. The number of aromatic nitrogens is 1. The average Bonchev–Trinajstić information content (AvgIpc) is 2.71. The van der Waals surface area contributed by atoms with Crippen LogP contribution < -0.4 is 10.9 Å². The molecule has 0 aliphatic heterocycles. The predicted octanol–water partition coefficient (Wildman–Crippen LogP) is 3.24. The van der Waals surface area contributed by atoms with Crippen LogP contribution in [0, 0.1) is 28.4 Å². The van der Waals surface area contributed by atoms with E-state index in [0.29, 0.717) is 6.54 Å². The van der Waals surface area contributed by atoms with Crippen LogP contribution in [0.25, 0.3) is 0 Å². The fourth-order valence-electron chi connectivity index (χ4n) is 2.84. The van der Waals surface area contributed by atoms with Crippen LogP contribution >= 0.6 is 0 Å². The third-order valence-electron chi connectivity index (χ3n) is 4.45. The molecular formula is C21H16N4O4. The first-order valence-electron chi connectivity index (χ1n) is 8.64. The van der Waals surface area contributed by atoms with Crippen LogP contribution in [0.5, 0.6) is 0 Å². The Labute approximate surface area is 165 Å². The summed E-state index contributed by atoms with van der Waals surface area (Å²) in [6.07, 6.45) is 1.60. The van der Waals surface area contributed by atoms with Gasteiger partial charge in [-0.1, -0.05) is 24.3 Å². The van der Waals surface area contributed by atoms with Gasteiger partial charge in [0.1, 0.15) is 11.6 Å². The van der Waals surface area contributed by atoms with Crippen molar-refractivity contribution >= 4 is 17.3 Å². The Hall–Kier alpha value is -4.25. The van der Waals surface area contributed by atoms with Gasteiger partial charge in [0.2, 0.25) is 0 Å². The molecule has 0 saturated carbocycles. The number of rotatable bonds is 5. The zero-order valence-electron chi connectivity index (χ0n) is 15.5. The molecule has 1 amide bonds. The highest BCUT2D eigenvalue weighted by Gasteiger charge is 2.16. The third kappa shape index (κ3) is 4.20. The normalized spacial score (nSPS) is 10.2. The summed E-state index contributed by atoms with van der Waals surface area (Å²) in [5, 5.41) is 22.5. The molecule has 29 heavy (non-hydrogen) atoms. The van der Waals surface area contributed by atoms with E-state index in [1.54, 1.807) is 12.3 Å². The fraction of sp³-hybridized carbons (Fsp3) is 0.0952. The maximum Gasteiger partial charge on any atom is 0.270 e. The Morgan fingerprint density at radius 1 is 1.21 bits per heavy atom. The van der Waals surface area contributed by atoms with Gasteiger partial charge >= 0.3 is 0 Å². The number of hydrogen-bond donors (Lipinski definition) is 1. The molecule has 0 radical (unpaired) electrons. The lowest BCUT2D eigenvalue weighted by molar-refractivity contribution is -0.384. The molecule has 0 aliphatic rings. The molecule has 1 heterocycles. The quantitative estimate of drug-likeness (QED) is 0.532. The maximum atomic E-state index is 12.8. The van der Waals surface area contributed by atoms with Crippen LogP contribution in [0.15, 0.2) is 65.6 Å². The Morgan fingerprint density at radius 2 is 1.97 bits per heavy atom. The molecule has 0 fully saturated rings. The minimum absolute atomic E-state index is 0.0660. The lowest BCUT2D eigenvalue weighted by atomic mass is 10.1. The van der Waals surface area contributed by atoms with Crippen molar-refractivity contribution in [2.45, 2.75) is 13.5 Å². The van der Waals surface area contributed by atoms with Gasteiger partial charge in [0.15, 0.2) is 0 Å². The SMILES string of the molecule is Cc1ccccc1Cn1cccc(C(=O)Nc2ccc([N+](=O)[O-])cc2C#N)c1=O. The molecule has 3 rings (SSSR count). The van der Waals surface area contributed by atoms with Gasteiger partial charge in [-0.2, -0.15) is 5.26 Å². The largest absolute Gasteiger partial charge is 0.321 e. The second-order valence-electron chi connectivity index (χ2n) is 6.33. The Balaban J connectivity index is 1.89. The number of carbonyl (C=O) groups excluding carboxylic acids is 1. The molecule has 0 bridgehead atoms. The average molecular weight is 388 g/mol.